The molecule has 0 saturated carbocycles. The number of nitrogens with one attached hydrogen (secondary N) is 3. The molecule has 0 heterocycles. The summed E-state index contributed by atoms with van der Waals surface area (Å²) in [6.07, 6.45) is 2.61. The van der Waals surface area contributed by atoms with Gasteiger partial charge in [0, 0.05) is 12.2 Å². The maximum atomic E-state index is 13.2. The molecule has 0 bridgehead atoms. The number of hydrogen-bond donors (Lipinski definition) is 6. The van der Waals surface area contributed by atoms with Crippen LogP contribution in [0.5, 0.6) is 0 Å². The van der Waals surface area contributed by atoms with Crippen molar-refractivity contribution in [1.82, 2.24) is 16.0 Å². The highest BCUT2D eigenvalue weighted by Gasteiger charge is 2.30. The molecule has 4 unspecified atom stereocenters. The van der Waals surface area contributed by atoms with Crippen molar-refractivity contribution in [2.75, 3.05) is 17.8 Å². The van der Waals surface area contributed by atoms with E-state index in [1.54, 1.807) is 0 Å². The lowest BCUT2D eigenvalue weighted by Gasteiger charge is -2.26. The van der Waals surface area contributed by atoms with Crippen LogP contribution < -0.4 is 21.7 Å². The summed E-state index contributed by atoms with van der Waals surface area (Å²) in [4.78, 5) is 50.1. The number of benzene rings is 1. The Morgan fingerprint density at radius 3 is 2.06 bits per heavy atom. The number of carbonyl (C=O) groups excluding carboxylic acids is 3. The zero-order valence-electron chi connectivity index (χ0n) is 19.8. The fraction of sp³-hybridized carbons (Fsp3) is 0.565. The van der Waals surface area contributed by atoms with Crippen LogP contribution in [0.4, 0.5) is 0 Å². The summed E-state index contributed by atoms with van der Waals surface area (Å²) >= 11 is 5.51. The molecule has 1 aromatic carbocycles. The minimum absolute atomic E-state index is 0.0466. The van der Waals surface area contributed by atoms with Crippen LogP contribution >= 0.6 is 24.4 Å². The molecule has 4 atom stereocenters. The van der Waals surface area contributed by atoms with Crippen LogP contribution in [0.25, 0.3) is 0 Å². The lowest BCUT2D eigenvalue weighted by Crippen LogP contribution is -2.58. The Morgan fingerprint density at radius 2 is 1.53 bits per heavy atom. The molecule has 0 spiro atoms. The second kappa shape index (κ2) is 15.6. The van der Waals surface area contributed by atoms with Crippen molar-refractivity contribution in [3.8, 4) is 0 Å². The van der Waals surface area contributed by atoms with Gasteiger partial charge in [-0.25, -0.2) is 4.79 Å². The molecule has 1 rings (SSSR count). The predicted molar refractivity (Wildman–Crippen MR) is 138 cm³/mol. The van der Waals surface area contributed by atoms with Crippen LogP contribution in [0.1, 0.15) is 32.3 Å². The molecule has 0 fully saturated rings. The van der Waals surface area contributed by atoms with E-state index in [4.69, 9.17) is 5.73 Å². The number of rotatable bonds is 15. The number of carboxylic acid groups (broad SMARTS) is 1. The van der Waals surface area contributed by atoms with Crippen LogP contribution in [0.15, 0.2) is 30.3 Å². The molecular weight excluding hydrogens is 476 g/mol. The van der Waals surface area contributed by atoms with Crippen molar-refractivity contribution in [2.24, 2.45) is 11.7 Å². The van der Waals surface area contributed by atoms with Gasteiger partial charge in [0.05, 0.1) is 6.04 Å². The molecule has 6 N–H and O–H groups in total. The van der Waals surface area contributed by atoms with Crippen LogP contribution in [-0.4, -0.2) is 70.7 Å². The number of aliphatic carboxylic acids is 1. The second-order valence-corrected chi connectivity index (χ2v) is 9.76. The summed E-state index contributed by atoms with van der Waals surface area (Å²) in [6, 6.07) is 5.25. The average Bonchev–Trinajstić information content (AvgIpc) is 2.80. The van der Waals surface area contributed by atoms with Crippen molar-refractivity contribution < 1.29 is 24.3 Å². The molecule has 0 aliphatic rings. The summed E-state index contributed by atoms with van der Waals surface area (Å²) in [5.74, 6) is -2.07. The maximum absolute atomic E-state index is 13.2. The van der Waals surface area contributed by atoms with Gasteiger partial charge in [0.2, 0.25) is 17.7 Å². The Labute approximate surface area is 210 Å². The van der Waals surface area contributed by atoms with Crippen molar-refractivity contribution in [3.05, 3.63) is 35.9 Å². The smallest absolute Gasteiger partial charge is 0.326 e. The Balaban J connectivity index is 3.05. The summed E-state index contributed by atoms with van der Waals surface area (Å²) < 4.78 is 0. The van der Waals surface area contributed by atoms with Gasteiger partial charge < -0.3 is 26.8 Å². The largest absolute Gasteiger partial charge is 0.480 e. The Hall–Kier alpha value is -2.24. The van der Waals surface area contributed by atoms with E-state index < -0.39 is 47.9 Å². The first kappa shape index (κ1) is 29.8. The number of nitrogens with two attached hydrogens (primary N) is 1. The molecule has 190 valence electrons. The van der Waals surface area contributed by atoms with Crippen LogP contribution in [0.2, 0.25) is 0 Å². The van der Waals surface area contributed by atoms with Gasteiger partial charge in [-0.3, -0.25) is 14.4 Å². The quantitative estimate of drug-likeness (QED) is 0.190. The van der Waals surface area contributed by atoms with E-state index in [-0.39, 0.29) is 24.5 Å². The first-order valence-electron chi connectivity index (χ1n) is 11.1. The Kier molecular flexibility index (Phi) is 13.7. The van der Waals surface area contributed by atoms with Gasteiger partial charge in [-0.05, 0) is 36.3 Å². The van der Waals surface area contributed by atoms with Crippen molar-refractivity contribution in [1.29, 1.82) is 0 Å². The van der Waals surface area contributed by atoms with E-state index in [0.717, 1.165) is 5.56 Å². The molecule has 0 saturated heterocycles. The molecule has 9 nitrogen and oxygen atoms in total. The summed E-state index contributed by atoms with van der Waals surface area (Å²) in [6.45, 7) is 3.79. The van der Waals surface area contributed by atoms with E-state index in [2.05, 4.69) is 28.6 Å². The maximum Gasteiger partial charge on any atom is 0.326 e. The molecule has 0 aliphatic heterocycles. The van der Waals surface area contributed by atoms with Crippen molar-refractivity contribution >= 4 is 48.1 Å². The minimum Gasteiger partial charge on any atom is -0.480 e. The zero-order chi connectivity index (χ0) is 25.7. The number of hydrogen-bond acceptors (Lipinski definition) is 7. The highest BCUT2D eigenvalue weighted by molar-refractivity contribution is 7.98. The van der Waals surface area contributed by atoms with Crippen molar-refractivity contribution in [2.45, 2.75) is 57.3 Å². The lowest BCUT2D eigenvalue weighted by molar-refractivity contribution is -0.142. The van der Waals surface area contributed by atoms with Crippen LogP contribution in [0.3, 0.4) is 0 Å². The Bertz CT molecular complexity index is 810. The van der Waals surface area contributed by atoms with Crippen molar-refractivity contribution in [3.63, 3.8) is 0 Å². The van der Waals surface area contributed by atoms with Gasteiger partial charge >= 0.3 is 5.97 Å². The highest BCUT2D eigenvalue weighted by atomic mass is 32.2. The highest BCUT2D eigenvalue weighted by Crippen LogP contribution is 2.09. The zero-order valence-corrected chi connectivity index (χ0v) is 21.5. The van der Waals surface area contributed by atoms with E-state index in [1.807, 2.05) is 50.4 Å². The standard InChI is InChI=1S/C23H36N4O5S2/c1-14(2)11-18(21(29)25-17(23(31)32)9-10-34-3)27-22(30)19(26-20(28)16(24)13-33)12-15-7-5-4-6-8-15/h4-8,14,16-19,33H,9-13,24H2,1-3H3,(H,25,29)(H,26,28)(H,27,30)(H,31,32). The first-order chi connectivity index (χ1) is 16.1. The predicted octanol–water partition coefficient (Wildman–Crippen LogP) is 0.824. The van der Waals surface area contributed by atoms with Gasteiger partial charge in [0.1, 0.15) is 18.1 Å². The van der Waals surface area contributed by atoms with Gasteiger partial charge in [-0.15, -0.1) is 0 Å². The molecule has 3 amide bonds. The normalized spacial score (nSPS) is 14.5. The van der Waals surface area contributed by atoms with Gasteiger partial charge in [-0.2, -0.15) is 24.4 Å². The van der Waals surface area contributed by atoms with Gasteiger partial charge in [0.25, 0.3) is 0 Å². The lowest BCUT2D eigenvalue weighted by atomic mass is 10.0. The molecule has 11 heteroatoms. The van der Waals surface area contributed by atoms with Gasteiger partial charge in [-0.1, -0.05) is 44.2 Å². The van der Waals surface area contributed by atoms with E-state index in [1.165, 1.54) is 11.8 Å². The molecular formula is C23H36N4O5S2. The molecule has 0 radical (unpaired) electrons. The first-order valence-corrected chi connectivity index (χ1v) is 13.1. The molecule has 0 aromatic heterocycles. The third kappa shape index (κ3) is 10.8. The molecule has 1 aromatic rings. The third-order valence-corrected chi connectivity index (χ3v) is 6.05. The third-order valence-electron chi connectivity index (χ3n) is 5.01. The summed E-state index contributed by atoms with van der Waals surface area (Å²) in [7, 11) is 0. The average molecular weight is 513 g/mol. The summed E-state index contributed by atoms with van der Waals surface area (Å²) in [5, 5.41) is 17.3. The van der Waals surface area contributed by atoms with Crippen LogP contribution in [-0.2, 0) is 25.6 Å². The Morgan fingerprint density at radius 1 is 0.971 bits per heavy atom. The number of thioether (sulfide) groups is 1. The number of carboxylic acids is 1. The molecule has 0 aliphatic carbocycles. The minimum atomic E-state index is -1.13. The SMILES string of the molecule is CSCCC(NC(=O)C(CC(C)C)NC(=O)C(Cc1ccccc1)NC(=O)C(N)CS)C(=O)O. The van der Waals surface area contributed by atoms with Crippen LogP contribution in [0, 0.1) is 5.92 Å². The monoisotopic (exact) mass is 512 g/mol. The van der Waals surface area contributed by atoms with E-state index in [0.29, 0.717) is 12.2 Å². The molecule has 34 heavy (non-hydrogen) atoms. The number of amides is 3. The second-order valence-electron chi connectivity index (χ2n) is 8.41. The number of thiol groups is 1. The number of carbonyl (C=O) groups is 4. The van der Waals surface area contributed by atoms with E-state index >= 15 is 0 Å². The fourth-order valence-corrected chi connectivity index (χ4v) is 3.80. The van der Waals surface area contributed by atoms with E-state index in [9.17, 15) is 24.3 Å². The fourth-order valence-electron chi connectivity index (χ4n) is 3.16. The van der Waals surface area contributed by atoms with Gasteiger partial charge in [0.15, 0.2) is 0 Å². The summed E-state index contributed by atoms with van der Waals surface area (Å²) in [5.41, 5.74) is 6.57. The topological polar surface area (TPSA) is 151 Å².